The SMILES string of the molecule is CC(Oc1ccc(Cl)cc1[N+](=O)[O-])C(=O)N1CCC(CN)C1. The normalized spacial score (nSPS) is 19.0. The molecule has 1 heterocycles. The Kier molecular flexibility index (Phi) is 5.20. The number of carbonyl (C=O) groups is 1. The number of hydrogen-bond acceptors (Lipinski definition) is 5. The molecule has 1 fully saturated rings. The van der Waals surface area contributed by atoms with Crippen LogP contribution in [-0.2, 0) is 4.79 Å². The van der Waals surface area contributed by atoms with Gasteiger partial charge in [0, 0.05) is 24.2 Å². The highest BCUT2D eigenvalue weighted by Gasteiger charge is 2.30. The van der Waals surface area contributed by atoms with Gasteiger partial charge in [-0.2, -0.15) is 0 Å². The van der Waals surface area contributed by atoms with Gasteiger partial charge in [-0.05, 0) is 37.9 Å². The van der Waals surface area contributed by atoms with E-state index < -0.39 is 11.0 Å². The lowest BCUT2D eigenvalue weighted by atomic mass is 10.1. The first-order chi connectivity index (χ1) is 10.4. The van der Waals surface area contributed by atoms with E-state index in [0.29, 0.717) is 25.6 Å². The Morgan fingerprint density at radius 2 is 2.36 bits per heavy atom. The monoisotopic (exact) mass is 327 g/mol. The van der Waals surface area contributed by atoms with Gasteiger partial charge < -0.3 is 15.4 Å². The summed E-state index contributed by atoms with van der Waals surface area (Å²) in [6, 6.07) is 4.09. The molecule has 1 aromatic rings. The summed E-state index contributed by atoms with van der Waals surface area (Å²) in [4.78, 5) is 24.4. The van der Waals surface area contributed by atoms with Crippen molar-refractivity contribution in [2.45, 2.75) is 19.4 Å². The summed E-state index contributed by atoms with van der Waals surface area (Å²) in [6.07, 6.45) is 0.0622. The van der Waals surface area contributed by atoms with Crippen LogP contribution in [0.15, 0.2) is 18.2 Å². The second-order valence-electron chi connectivity index (χ2n) is 5.30. The van der Waals surface area contributed by atoms with Crippen molar-refractivity contribution in [3.05, 3.63) is 33.3 Å². The zero-order valence-corrected chi connectivity index (χ0v) is 13.0. The van der Waals surface area contributed by atoms with Crippen molar-refractivity contribution in [1.82, 2.24) is 4.90 Å². The van der Waals surface area contributed by atoms with Gasteiger partial charge in [0.2, 0.25) is 0 Å². The lowest BCUT2D eigenvalue weighted by molar-refractivity contribution is -0.386. The Labute approximate surface area is 133 Å². The summed E-state index contributed by atoms with van der Waals surface area (Å²) < 4.78 is 5.48. The molecule has 1 aromatic carbocycles. The summed E-state index contributed by atoms with van der Waals surface area (Å²) >= 11 is 5.75. The van der Waals surface area contributed by atoms with Crippen molar-refractivity contribution in [2.75, 3.05) is 19.6 Å². The third-order valence-corrected chi connectivity index (χ3v) is 3.94. The summed E-state index contributed by atoms with van der Waals surface area (Å²) in [5.41, 5.74) is 5.35. The van der Waals surface area contributed by atoms with Crippen LogP contribution in [0.4, 0.5) is 5.69 Å². The maximum absolute atomic E-state index is 12.3. The maximum atomic E-state index is 12.3. The van der Waals surface area contributed by atoms with E-state index in [9.17, 15) is 14.9 Å². The first-order valence-electron chi connectivity index (χ1n) is 7.01. The number of hydrogen-bond donors (Lipinski definition) is 1. The minimum Gasteiger partial charge on any atom is -0.474 e. The van der Waals surface area contributed by atoms with Crippen LogP contribution in [-0.4, -0.2) is 41.5 Å². The van der Waals surface area contributed by atoms with E-state index >= 15 is 0 Å². The smallest absolute Gasteiger partial charge is 0.312 e. The fourth-order valence-electron chi connectivity index (χ4n) is 2.46. The summed E-state index contributed by atoms with van der Waals surface area (Å²) in [5, 5.41) is 11.3. The van der Waals surface area contributed by atoms with Crippen molar-refractivity contribution in [1.29, 1.82) is 0 Å². The molecule has 8 heteroatoms. The van der Waals surface area contributed by atoms with Gasteiger partial charge in [-0.15, -0.1) is 0 Å². The number of ether oxygens (including phenoxy) is 1. The van der Waals surface area contributed by atoms with E-state index in [1.165, 1.54) is 18.2 Å². The van der Waals surface area contributed by atoms with Crippen molar-refractivity contribution < 1.29 is 14.5 Å². The van der Waals surface area contributed by atoms with E-state index in [0.717, 1.165) is 6.42 Å². The average Bonchev–Trinajstić information content (AvgIpc) is 2.96. The number of nitrogens with two attached hydrogens (primary N) is 1. The van der Waals surface area contributed by atoms with Crippen LogP contribution in [0.1, 0.15) is 13.3 Å². The zero-order valence-electron chi connectivity index (χ0n) is 12.2. The Morgan fingerprint density at radius 1 is 1.64 bits per heavy atom. The van der Waals surface area contributed by atoms with Crippen LogP contribution in [0, 0.1) is 16.0 Å². The number of nitrogens with zero attached hydrogens (tertiary/aromatic N) is 2. The lowest BCUT2D eigenvalue weighted by Crippen LogP contribution is -2.39. The number of nitro groups is 1. The Balaban J connectivity index is 2.07. The van der Waals surface area contributed by atoms with Gasteiger partial charge in [0.25, 0.3) is 5.91 Å². The topological polar surface area (TPSA) is 98.7 Å². The molecule has 2 rings (SSSR count). The molecule has 120 valence electrons. The molecule has 1 aliphatic heterocycles. The first-order valence-corrected chi connectivity index (χ1v) is 7.39. The van der Waals surface area contributed by atoms with Crippen LogP contribution < -0.4 is 10.5 Å². The number of carbonyl (C=O) groups excluding carboxylic acids is 1. The molecule has 7 nitrogen and oxygen atoms in total. The Morgan fingerprint density at radius 3 is 2.95 bits per heavy atom. The molecule has 0 bridgehead atoms. The molecule has 2 unspecified atom stereocenters. The highest BCUT2D eigenvalue weighted by molar-refractivity contribution is 6.30. The van der Waals surface area contributed by atoms with Crippen molar-refractivity contribution in [2.24, 2.45) is 11.7 Å². The van der Waals surface area contributed by atoms with Gasteiger partial charge in [-0.25, -0.2) is 0 Å². The van der Waals surface area contributed by atoms with Crippen LogP contribution in [0.3, 0.4) is 0 Å². The molecular formula is C14H18ClN3O4. The summed E-state index contributed by atoms with van der Waals surface area (Å²) in [7, 11) is 0. The van der Waals surface area contributed by atoms with E-state index in [1.807, 2.05) is 0 Å². The van der Waals surface area contributed by atoms with Crippen molar-refractivity contribution >= 4 is 23.2 Å². The van der Waals surface area contributed by atoms with E-state index in [4.69, 9.17) is 22.1 Å². The molecule has 2 N–H and O–H groups in total. The van der Waals surface area contributed by atoms with Crippen LogP contribution in [0.2, 0.25) is 5.02 Å². The predicted octanol–water partition coefficient (Wildman–Crippen LogP) is 1.82. The standard InChI is InChI=1S/C14H18ClN3O4/c1-9(14(19)17-5-4-10(7-16)8-17)22-13-3-2-11(15)6-12(13)18(20)21/h2-3,6,9-10H,4-5,7-8,16H2,1H3. The molecule has 0 spiro atoms. The molecule has 2 atom stereocenters. The summed E-state index contributed by atoms with van der Waals surface area (Å²) in [6.45, 7) is 3.36. The second-order valence-corrected chi connectivity index (χ2v) is 5.74. The highest BCUT2D eigenvalue weighted by atomic mass is 35.5. The van der Waals surface area contributed by atoms with Gasteiger partial charge in [-0.1, -0.05) is 11.6 Å². The quantitative estimate of drug-likeness (QED) is 0.657. The maximum Gasteiger partial charge on any atom is 0.312 e. The van der Waals surface area contributed by atoms with E-state index in [-0.39, 0.29) is 22.4 Å². The van der Waals surface area contributed by atoms with E-state index in [2.05, 4.69) is 0 Å². The van der Waals surface area contributed by atoms with Gasteiger partial charge in [0.05, 0.1) is 4.92 Å². The molecule has 0 aliphatic carbocycles. The minimum absolute atomic E-state index is 0.0322. The number of rotatable bonds is 5. The fraction of sp³-hybridized carbons (Fsp3) is 0.500. The predicted molar refractivity (Wildman–Crippen MR) is 81.9 cm³/mol. The van der Waals surface area contributed by atoms with Crippen LogP contribution in [0.25, 0.3) is 0 Å². The first kappa shape index (κ1) is 16.5. The zero-order chi connectivity index (χ0) is 16.3. The fourth-order valence-corrected chi connectivity index (χ4v) is 2.62. The second kappa shape index (κ2) is 6.93. The summed E-state index contributed by atoms with van der Waals surface area (Å²) in [5.74, 6) is 0.144. The third-order valence-electron chi connectivity index (χ3n) is 3.70. The Bertz CT molecular complexity index is 581. The molecule has 1 aliphatic rings. The number of benzene rings is 1. The third kappa shape index (κ3) is 3.66. The van der Waals surface area contributed by atoms with Crippen LogP contribution >= 0.6 is 11.6 Å². The molecule has 22 heavy (non-hydrogen) atoms. The number of halogens is 1. The largest absolute Gasteiger partial charge is 0.474 e. The molecule has 0 radical (unpaired) electrons. The van der Waals surface area contributed by atoms with Gasteiger partial charge in [-0.3, -0.25) is 14.9 Å². The number of nitro benzene ring substituents is 1. The van der Waals surface area contributed by atoms with Gasteiger partial charge in [0.1, 0.15) is 0 Å². The lowest BCUT2D eigenvalue weighted by Gasteiger charge is -2.21. The van der Waals surface area contributed by atoms with Crippen molar-refractivity contribution in [3.63, 3.8) is 0 Å². The number of amides is 1. The molecule has 1 saturated heterocycles. The average molecular weight is 328 g/mol. The molecule has 0 saturated carbocycles. The molecule has 0 aromatic heterocycles. The molecular weight excluding hydrogens is 310 g/mol. The molecule has 1 amide bonds. The highest BCUT2D eigenvalue weighted by Crippen LogP contribution is 2.31. The van der Waals surface area contributed by atoms with Crippen molar-refractivity contribution in [3.8, 4) is 5.75 Å². The van der Waals surface area contributed by atoms with Gasteiger partial charge >= 0.3 is 5.69 Å². The van der Waals surface area contributed by atoms with Crippen LogP contribution in [0.5, 0.6) is 5.75 Å². The number of likely N-dealkylation sites (tertiary alicyclic amines) is 1. The van der Waals surface area contributed by atoms with E-state index in [1.54, 1.807) is 11.8 Å². The van der Waals surface area contributed by atoms with Gasteiger partial charge in [0.15, 0.2) is 11.9 Å². The minimum atomic E-state index is -0.809. The Hall–Kier alpha value is -1.86.